The van der Waals surface area contributed by atoms with E-state index in [4.69, 9.17) is 25.2 Å². The van der Waals surface area contributed by atoms with Gasteiger partial charge in [0.05, 0.1) is 35.7 Å². The molecule has 0 unspecified atom stereocenters. The molecule has 2 aromatic heterocycles. The number of benzene rings is 1. The average Bonchev–Trinajstić information content (AvgIpc) is 3.68. The number of ether oxygens (including phenoxy) is 2. The van der Waals surface area contributed by atoms with E-state index in [1.807, 2.05) is 16.8 Å². The van der Waals surface area contributed by atoms with Gasteiger partial charge in [-0.1, -0.05) is 13.0 Å². The number of aromatic nitrogens is 4. The van der Waals surface area contributed by atoms with Gasteiger partial charge in [0.15, 0.2) is 5.69 Å². The standard InChI is InChI=1S/C35H45FN8O3.ClH/c1-22-8-10-35(28-14-24(37)6-7-26(22)28)17-30-27(20-47-35)31(39-33(38-30)46-21-34-9-4-12-43(34)18-23(36)16-34)42-11-5-13-44-25(19-42)15-29(40-44)32(45)41(2)3;/h6-7,14-15,22-23H,4-5,8-13,16-21,37H2,1-3H3;1H/t22-,23+,34-,35+;/m0./s1. The van der Waals surface area contributed by atoms with Crippen LogP contribution in [0.4, 0.5) is 15.9 Å². The Bertz CT molecular complexity index is 1720. The molecule has 1 aromatic carbocycles. The molecule has 2 N–H and O–H groups in total. The fraction of sp³-hybridized carbons (Fsp3) is 0.600. The molecular weight excluding hydrogens is 635 g/mol. The zero-order chi connectivity index (χ0) is 32.5. The minimum Gasteiger partial charge on any atom is -0.461 e. The quantitative estimate of drug-likeness (QED) is 0.386. The molecule has 6 heterocycles. The first kappa shape index (κ1) is 33.0. The Morgan fingerprint density at radius 3 is 2.85 bits per heavy atom. The highest BCUT2D eigenvalue weighted by Crippen LogP contribution is 2.50. The van der Waals surface area contributed by atoms with Gasteiger partial charge in [-0.25, -0.2) is 4.39 Å². The molecule has 48 heavy (non-hydrogen) atoms. The van der Waals surface area contributed by atoms with Crippen LogP contribution >= 0.6 is 12.4 Å². The topological polar surface area (TPSA) is 115 Å². The second kappa shape index (κ2) is 12.4. The second-order valence-corrected chi connectivity index (χ2v) is 14.6. The lowest BCUT2D eigenvalue weighted by atomic mass is 9.71. The van der Waals surface area contributed by atoms with E-state index in [9.17, 15) is 9.18 Å². The number of hydrogen-bond donors (Lipinski definition) is 1. The lowest BCUT2D eigenvalue weighted by Gasteiger charge is -2.44. The third-order valence-electron chi connectivity index (χ3n) is 11.2. The molecular formula is C35H46ClFN8O3. The zero-order valence-corrected chi connectivity index (χ0v) is 28.9. The van der Waals surface area contributed by atoms with Gasteiger partial charge in [-0.15, -0.1) is 12.4 Å². The van der Waals surface area contributed by atoms with Gasteiger partial charge in [0.2, 0.25) is 0 Å². The first-order valence-corrected chi connectivity index (χ1v) is 17.1. The first-order chi connectivity index (χ1) is 22.6. The summed E-state index contributed by atoms with van der Waals surface area (Å²) in [5, 5.41) is 4.64. The molecule has 2 fully saturated rings. The predicted molar refractivity (Wildman–Crippen MR) is 182 cm³/mol. The molecule has 13 heteroatoms. The number of carbonyl (C=O) groups is 1. The van der Waals surface area contributed by atoms with Gasteiger partial charge in [0.1, 0.15) is 18.6 Å². The first-order valence-electron chi connectivity index (χ1n) is 17.1. The molecule has 2 saturated heterocycles. The zero-order valence-electron chi connectivity index (χ0n) is 28.1. The van der Waals surface area contributed by atoms with Crippen molar-refractivity contribution in [3.8, 4) is 6.01 Å². The van der Waals surface area contributed by atoms with Crippen LogP contribution in [-0.2, 0) is 36.5 Å². The number of alkyl halides is 1. The molecule has 0 bridgehead atoms. The molecule has 0 saturated carbocycles. The van der Waals surface area contributed by atoms with E-state index in [0.29, 0.717) is 63.3 Å². The van der Waals surface area contributed by atoms with Crippen LogP contribution < -0.4 is 15.4 Å². The van der Waals surface area contributed by atoms with Gasteiger partial charge in [-0.2, -0.15) is 15.1 Å². The summed E-state index contributed by atoms with van der Waals surface area (Å²) in [7, 11) is 3.48. The maximum absolute atomic E-state index is 14.6. The van der Waals surface area contributed by atoms with E-state index in [2.05, 4.69) is 34.0 Å². The Morgan fingerprint density at radius 1 is 1.17 bits per heavy atom. The molecule has 258 valence electrons. The van der Waals surface area contributed by atoms with Gasteiger partial charge in [0, 0.05) is 57.8 Å². The third kappa shape index (κ3) is 5.59. The van der Waals surface area contributed by atoms with Crippen LogP contribution in [0.3, 0.4) is 0 Å². The number of nitrogens with zero attached hydrogens (tertiary/aromatic N) is 7. The van der Waals surface area contributed by atoms with E-state index >= 15 is 0 Å². The maximum Gasteiger partial charge on any atom is 0.318 e. The number of rotatable bonds is 5. The van der Waals surface area contributed by atoms with Crippen LogP contribution in [0.5, 0.6) is 6.01 Å². The molecule has 1 aliphatic carbocycles. The molecule has 0 radical (unpaired) electrons. The maximum atomic E-state index is 14.6. The molecule has 8 rings (SSSR count). The van der Waals surface area contributed by atoms with Gasteiger partial charge < -0.3 is 25.0 Å². The summed E-state index contributed by atoms with van der Waals surface area (Å²) >= 11 is 0. The van der Waals surface area contributed by atoms with Crippen molar-refractivity contribution in [3.05, 3.63) is 58.0 Å². The van der Waals surface area contributed by atoms with Crippen LogP contribution in [0.25, 0.3) is 0 Å². The van der Waals surface area contributed by atoms with Crippen molar-refractivity contribution in [2.45, 2.75) is 94.8 Å². The minimum atomic E-state index is -0.830. The second-order valence-electron chi connectivity index (χ2n) is 14.6. The van der Waals surface area contributed by atoms with E-state index < -0.39 is 11.8 Å². The van der Waals surface area contributed by atoms with Crippen molar-refractivity contribution in [1.82, 2.24) is 29.5 Å². The number of nitrogens with two attached hydrogens (primary N) is 1. The number of carbonyl (C=O) groups excluding carboxylic acids is 1. The van der Waals surface area contributed by atoms with Crippen LogP contribution in [0.15, 0.2) is 24.3 Å². The summed E-state index contributed by atoms with van der Waals surface area (Å²) in [6.07, 6.45) is 4.95. The summed E-state index contributed by atoms with van der Waals surface area (Å²) in [4.78, 5) is 29.0. The Hall–Kier alpha value is -3.48. The number of anilines is 2. The number of aryl methyl sites for hydroxylation is 1. The molecule has 1 spiro atoms. The minimum absolute atomic E-state index is 0. The Kier molecular flexibility index (Phi) is 8.56. The average molecular weight is 681 g/mol. The van der Waals surface area contributed by atoms with Crippen LogP contribution in [0.1, 0.15) is 89.9 Å². The summed E-state index contributed by atoms with van der Waals surface area (Å²) in [6.45, 7) is 6.39. The number of hydrogen-bond acceptors (Lipinski definition) is 9. The summed E-state index contributed by atoms with van der Waals surface area (Å²) in [5.41, 5.74) is 12.0. The summed E-state index contributed by atoms with van der Waals surface area (Å²) in [5.74, 6) is 1.10. The normalized spacial score (nSPS) is 27.8. The highest BCUT2D eigenvalue weighted by molar-refractivity contribution is 5.92. The Labute approximate surface area is 287 Å². The summed E-state index contributed by atoms with van der Waals surface area (Å²) in [6, 6.07) is 8.44. The van der Waals surface area contributed by atoms with Crippen LogP contribution in [-0.4, -0.2) is 87.5 Å². The molecule has 1 amide bonds. The molecule has 4 atom stereocenters. The third-order valence-corrected chi connectivity index (χ3v) is 11.2. The van der Waals surface area contributed by atoms with Crippen molar-refractivity contribution in [1.29, 1.82) is 0 Å². The van der Waals surface area contributed by atoms with E-state index in [1.54, 1.807) is 19.0 Å². The highest BCUT2D eigenvalue weighted by atomic mass is 35.5. The Balaban J connectivity index is 0.00000364. The van der Waals surface area contributed by atoms with Gasteiger partial charge >= 0.3 is 6.01 Å². The van der Waals surface area contributed by atoms with Gasteiger partial charge in [0.25, 0.3) is 5.91 Å². The van der Waals surface area contributed by atoms with Crippen molar-refractivity contribution in [2.24, 2.45) is 0 Å². The lowest BCUT2D eigenvalue weighted by molar-refractivity contribution is -0.0871. The van der Waals surface area contributed by atoms with Gasteiger partial charge in [-0.05, 0) is 73.9 Å². The SMILES string of the molecule is C[C@H]1CC[C@@]2(Cc3nc(OC[C@@]45CCCN4C[C@H](F)C5)nc(N4CCCn5nc(C(=O)N(C)C)cc5C4)c3CO2)c2cc(N)ccc21.Cl. The number of fused-ring (bicyclic) bond motifs is 5. The number of nitrogen functional groups attached to an aromatic ring is 1. The predicted octanol–water partition coefficient (Wildman–Crippen LogP) is 4.61. The molecule has 5 aliphatic rings. The van der Waals surface area contributed by atoms with Gasteiger partial charge in [-0.3, -0.25) is 14.4 Å². The van der Waals surface area contributed by atoms with Crippen molar-refractivity contribution < 1.29 is 18.7 Å². The highest BCUT2D eigenvalue weighted by Gasteiger charge is 2.50. The molecule has 3 aromatic rings. The molecule has 4 aliphatic heterocycles. The monoisotopic (exact) mass is 680 g/mol. The van der Waals surface area contributed by atoms with Crippen molar-refractivity contribution in [3.63, 3.8) is 0 Å². The molecule has 11 nitrogen and oxygen atoms in total. The van der Waals surface area contributed by atoms with E-state index in [1.165, 1.54) is 5.56 Å². The van der Waals surface area contributed by atoms with Crippen molar-refractivity contribution >= 4 is 29.8 Å². The van der Waals surface area contributed by atoms with Crippen LogP contribution in [0, 0.1) is 0 Å². The largest absolute Gasteiger partial charge is 0.461 e. The van der Waals surface area contributed by atoms with E-state index in [0.717, 1.165) is 79.2 Å². The summed E-state index contributed by atoms with van der Waals surface area (Å²) < 4.78 is 29.9. The fourth-order valence-electron chi connectivity index (χ4n) is 8.74. The number of amides is 1. The lowest BCUT2D eigenvalue weighted by Crippen LogP contribution is -2.44. The van der Waals surface area contributed by atoms with E-state index in [-0.39, 0.29) is 23.9 Å². The van der Waals surface area contributed by atoms with Crippen molar-refractivity contribution in [2.75, 3.05) is 51.0 Å². The smallest absolute Gasteiger partial charge is 0.318 e. The fourth-order valence-corrected chi connectivity index (χ4v) is 8.74. The Morgan fingerprint density at radius 2 is 2.02 bits per heavy atom. The van der Waals surface area contributed by atoms with Crippen LogP contribution in [0.2, 0.25) is 0 Å². The number of halogens is 2.